The molecule has 0 radical (unpaired) electrons. The van der Waals surface area contributed by atoms with E-state index in [4.69, 9.17) is 0 Å². The molecule has 1 rings (SSSR count). The fourth-order valence-electron chi connectivity index (χ4n) is 1.35. The van der Waals surface area contributed by atoms with Gasteiger partial charge in [-0.3, -0.25) is 0 Å². The van der Waals surface area contributed by atoms with Gasteiger partial charge in [-0.15, -0.1) is 0 Å². The van der Waals surface area contributed by atoms with Crippen molar-refractivity contribution in [2.24, 2.45) is 0 Å². The lowest BCUT2D eigenvalue weighted by Gasteiger charge is -2.09. The predicted octanol–water partition coefficient (Wildman–Crippen LogP) is 5.74. The third-order valence-electron chi connectivity index (χ3n) is 2.33. The van der Waals surface area contributed by atoms with Crippen molar-refractivity contribution in [3.05, 3.63) is 78.6 Å². The van der Waals surface area contributed by atoms with Crippen molar-refractivity contribution in [2.75, 3.05) is 0 Å². The maximum atomic E-state index is 3.71. The minimum atomic E-state index is 0.996. The van der Waals surface area contributed by atoms with Gasteiger partial charge in [0.1, 0.15) is 0 Å². The van der Waals surface area contributed by atoms with E-state index in [9.17, 15) is 0 Å². The molecule has 0 aliphatic heterocycles. The van der Waals surface area contributed by atoms with E-state index < -0.39 is 0 Å². The Morgan fingerprint density at radius 3 is 2.45 bits per heavy atom. The summed E-state index contributed by atoms with van der Waals surface area (Å²) in [5.74, 6) is 0. The van der Waals surface area contributed by atoms with E-state index in [1.165, 1.54) is 16.0 Å². The van der Waals surface area contributed by atoms with E-state index in [0.29, 0.717) is 0 Å². The molecule has 0 aliphatic rings. The molecule has 0 bridgehead atoms. The highest BCUT2D eigenvalue weighted by atomic mass is 32.2. The maximum Gasteiger partial charge on any atom is 0.0442 e. The number of hydrogen-bond donors (Lipinski definition) is 1. The molecule has 1 aromatic rings. The van der Waals surface area contributed by atoms with E-state index in [0.717, 1.165) is 5.70 Å². The van der Waals surface area contributed by atoms with Gasteiger partial charge in [-0.05, 0) is 55.1 Å². The Morgan fingerprint density at radius 1 is 1.15 bits per heavy atom. The second kappa shape index (κ2) is 11.2. The molecule has 108 valence electrons. The lowest BCUT2D eigenvalue weighted by molar-refractivity contribution is 1.22. The molecular formula is C18H25NS. The van der Waals surface area contributed by atoms with Gasteiger partial charge in [0.2, 0.25) is 0 Å². The molecule has 20 heavy (non-hydrogen) atoms. The number of allylic oxidation sites excluding steroid dienone is 5. The number of nitrogens with one attached hydrogen (secondary N) is 1. The van der Waals surface area contributed by atoms with Crippen LogP contribution in [0.5, 0.6) is 0 Å². The van der Waals surface area contributed by atoms with Crippen LogP contribution in [0.2, 0.25) is 0 Å². The SMILES string of the molecule is C=C/C=C\C(=C/C=C)NSc1cc(C)ccc1C.CC. The number of rotatable bonds is 6. The Labute approximate surface area is 128 Å². The summed E-state index contributed by atoms with van der Waals surface area (Å²) in [6, 6.07) is 6.43. The van der Waals surface area contributed by atoms with Crippen LogP contribution in [0.15, 0.2) is 72.3 Å². The molecular weight excluding hydrogens is 262 g/mol. The average Bonchev–Trinajstić information content (AvgIpc) is 2.47. The fraction of sp³-hybridized carbons (Fsp3) is 0.222. The van der Waals surface area contributed by atoms with Crippen molar-refractivity contribution in [2.45, 2.75) is 32.6 Å². The van der Waals surface area contributed by atoms with Crippen LogP contribution in [0.25, 0.3) is 0 Å². The zero-order chi connectivity index (χ0) is 15.4. The molecule has 0 saturated heterocycles. The largest absolute Gasteiger partial charge is 0.326 e. The summed E-state index contributed by atoms with van der Waals surface area (Å²) in [5, 5.41) is 0. The highest BCUT2D eigenvalue weighted by Crippen LogP contribution is 2.22. The Balaban J connectivity index is 0.00000172. The first-order valence-electron chi connectivity index (χ1n) is 6.79. The second-order valence-electron chi connectivity index (χ2n) is 3.93. The molecule has 0 saturated carbocycles. The van der Waals surface area contributed by atoms with Crippen LogP contribution >= 0.6 is 11.9 Å². The lowest BCUT2D eigenvalue weighted by atomic mass is 10.2. The summed E-state index contributed by atoms with van der Waals surface area (Å²) in [7, 11) is 0. The quantitative estimate of drug-likeness (QED) is 0.529. The van der Waals surface area contributed by atoms with Crippen molar-refractivity contribution < 1.29 is 0 Å². The van der Waals surface area contributed by atoms with E-state index in [1.54, 1.807) is 24.1 Å². The molecule has 0 amide bonds. The van der Waals surface area contributed by atoms with Gasteiger partial charge in [-0.1, -0.05) is 57.4 Å². The number of benzene rings is 1. The summed E-state index contributed by atoms with van der Waals surface area (Å²) in [6.45, 7) is 15.6. The monoisotopic (exact) mass is 287 g/mol. The third kappa shape index (κ3) is 7.05. The third-order valence-corrected chi connectivity index (χ3v) is 3.33. The van der Waals surface area contributed by atoms with Crippen molar-refractivity contribution in [3.8, 4) is 0 Å². The van der Waals surface area contributed by atoms with Crippen LogP contribution in [0.3, 0.4) is 0 Å². The first kappa shape index (κ1) is 18.3. The molecule has 0 aliphatic carbocycles. The maximum absolute atomic E-state index is 3.71. The normalized spacial score (nSPS) is 10.7. The topological polar surface area (TPSA) is 12.0 Å². The molecule has 0 aromatic heterocycles. The minimum absolute atomic E-state index is 0.996. The van der Waals surface area contributed by atoms with Gasteiger partial charge in [0.15, 0.2) is 0 Å². The van der Waals surface area contributed by atoms with Crippen molar-refractivity contribution in [1.29, 1.82) is 0 Å². The molecule has 1 aromatic carbocycles. The predicted molar refractivity (Wildman–Crippen MR) is 93.9 cm³/mol. The van der Waals surface area contributed by atoms with Crippen molar-refractivity contribution in [1.82, 2.24) is 4.72 Å². The number of aryl methyl sites for hydroxylation is 2. The minimum Gasteiger partial charge on any atom is -0.326 e. The van der Waals surface area contributed by atoms with E-state index in [-0.39, 0.29) is 0 Å². The van der Waals surface area contributed by atoms with Crippen LogP contribution in [0, 0.1) is 13.8 Å². The summed E-state index contributed by atoms with van der Waals surface area (Å²) in [5.41, 5.74) is 3.53. The van der Waals surface area contributed by atoms with Gasteiger partial charge >= 0.3 is 0 Å². The Hall–Kier alpha value is -1.67. The average molecular weight is 287 g/mol. The molecule has 2 heteroatoms. The van der Waals surface area contributed by atoms with Crippen LogP contribution in [-0.2, 0) is 0 Å². The van der Waals surface area contributed by atoms with Crippen LogP contribution in [0.1, 0.15) is 25.0 Å². The molecule has 0 atom stereocenters. The van der Waals surface area contributed by atoms with E-state index in [1.807, 2.05) is 32.1 Å². The van der Waals surface area contributed by atoms with Gasteiger partial charge < -0.3 is 4.72 Å². The van der Waals surface area contributed by atoms with Crippen molar-refractivity contribution in [3.63, 3.8) is 0 Å². The van der Waals surface area contributed by atoms with Crippen LogP contribution in [0.4, 0.5) is 0 Å². The molecule has 1 nitrogen and oxygen atoms in total. The van der Waals surface area contributed by atoms with E-state index >= 15 is 0 Å². The van der Waals surface area contributed by atoms with Crippen molar-refractivity contribution >= 4 is 11.9 Å². The zero-order valence-electron chi connectivity index (χ0n) is 12.9. The Morgan fingerprint density at radius 2 is 1.85 bits per heavy atom. The number of hydrogen-bond acceptors (Lipinski definition) is 2. The van der Waals surface area contributed by atoms with Gasteiger partial charge in [0.05, 0.1) is 0 Å². The zero-order valence-corrected chi connectivity index (χ0v) is 13.8. The summed E-state index contributed by atoms with van der Waals surface area (Å²) in [6.07, 6.45) is 9.30. The smallest absolute Gasteiger partial charge is 0.0442 e. The highest BCUT2D eigenvalue weighted by Gasteiger charge is 2.00. The molecule has 0 fully saturated rings. The van der Waals surface area contributed by atoms with Crippen LogP contribution in [-0.4, -0.2) is 0 Å². The second-order valence-corrected chi connectivity index (χ2v) is 4.77. The Bertz CT molecular complexity index is 484. The molecule has 0 spiro atoms. The van der Waals surface area contributed by atoms with E-state index in [2.05, 4.69) is 49.9 Å². The first-order valence-corrected chi connectivity index (χ1v) is 7.61. The molecule has 0 heterocycles. The summed E-state index contributed by atoms with van der Waals surface area (Å²) >= 11 is 1.61. The molecule has 1 N–H and O–H groups in total. The molecule has 0 unspecified atom stereocenters. The fourth-order valence-corrected chi connectivity index (χ4v) is 2.19. The summed E-state index contributed by atoms with van der Waals surface area (Å²) < 4.78 is 3.31. The van der Waals surface area contributed by atoms with Crippen LogP contribution < -0.4 is 4.72 Å². The van der Waals surface area contributed by atoms with Gasteiger partial charge in [-0.2, -0.15) is 0 Å². The van der Waals surface area contributed by atoms with Gasteiger partial charge in [-0.25, -0.2) is 0 Å². The first-order chi connectivity index (χ1) is 9.67. The van der Waals surface area contributed by atoms with Gasteiger partial charge in [0, 0.05) is 10.6 Å². The summed E-state index contributed by atoms with van der Waals surface area (Å²) in [4.78, 5) is 1.23. The standard InChI is InChI=1S/C16H19NS.C2H6/c1-5-7-9-15(8-6-2)17-18-16-12-13(3)10-11-14(16)4;1-2/h5-12,17H,1-2H2,3-4H3;1-2H3/b9-7-,15-8+;. The highest BCUT2D eigenvalue weighted by molar-refractivity contribution is 7.97. The Kier molecular flexibility index (Phi) is 10.2. The van der Waals surface area contributed by atoms with Gasteiger partial charge in [0.25, 0.3) is 0 Å². The lowest BCUT2D eigenvalue weighted by Crippen LogP contribution is -2.01.